The van der Waals surface area contributed by atoms with Crippen LogP contribution in [0.25, 0.3) is 11.0 Å². The number of amides is 1. The van der Waals surface area contributed by atoms with Crippen molar-refractivity contribution in [1.29, 1.82) is 0 Å². The van der Waals surface area contributed by atoms with Gasteiger partial charge in [0, 0.05) is 24.1 Å². The molecule has 1 N–H and O–H groups in total. The number of pyridine rings is 1. The molecule has 0 saturated heterocycles. The van der Waals surface area contributed by atoms with Gasteiger partial charge in [0.1, 0.15) is 0 Å². The molecule has 4 rings (SSSR count). The van der Waals surface area contributed by atoms with Gasteiger partial charge in [-0.25, -0.2) is 4.98 Å². The molecule has 0 bridgehead atoms. The molecule has 0 atom stereocenters. The zero-order chi connectivity index (χ0) is 21.6. The molecule has 2 aromatic heterocycles. The van der Waals surface area contributed by atoms with E-state index in [0.29, 0.717) is 12.1 Å². The van der Waals surface area contributed by atoms with Gasteiger partial charge in [0.25, 0.3) is 5.91 Å². The van der Waals surface area contributed by atoms with Gasteiger partial charge in [0.05, 0.1) is 23.8 Å². The number of hydrogen-bond acceptors (Lipinski definition) is 4. The highest BCUT2D eigenvalue weighted by atomic mass is 32.2. The van der Waals surface area contributed by atoms with E-state index in [1.807, 2.05) is 43.5 Å². The second-order valence-electron chi connectivity index (χ2n) is 7.58. The molecule has 4 aromatic rings. The Bertz CT molecular complexity index is 1180. The minimum absolute atomic E-state index is 0.0199. The number of aromatic nitrogens is 3. The first-order valence-corrected chi connectivity index (χ1v) is 11.5. The van der Waals surface area contributed by atoms with Crippen LogP contribution >= 0.6 is 11.8 Å². The summed E-state index contributed by atoms with van der Waals surface area (Å²) in [5.74, 6) is 0.759. The number of thioether (sulfide) groups is 1. The quantitative estimate of drug-likeness (QED) is 0.389. The topological polar surface area (TPSA) is 59.8 Å². The number of carbonyl (C=O) groups is 1. The number of hydrogen-bond donors (Lipinski definition) is 1. The van der Waals surface area contributed by atoms with Crippen molar-refractivity contribution >= 4 is 28.7 Å². The second kappa shape index (κ2) is 9.79. The van der Waals surface area contributed by atoms with Gasteiger partial charge in [0.2, 0.25) is 0 Å². The lowest BCUT2D eigenvalue weighted by atomic mass is 10.1. The fourth-order valence-electron chi connectivity index (χ4n) is 3.44. The number of aryl methyl sites for hydroxylation is 1. The highest BCUT2D eigenvalue weighted by Gasteiger charge is 2.13. The first-order chi connectivity index (χ1) is 15.1. The first-order valence-electron chi connectivity index (χ1n) is 10.5. The zero-order valence-corrected chi connectivity index (χ0v) is 18.7. The standard InChI is InChI=1S/C25H26N4OS/c1-3-12-27-24(30)21-9-7-19(8-10-21)17-31-25-28-22-11-13-26-15-23(22)29(25)16-20-6-4-5-18(2)14-20/h4-11,13-15H,3,12,16-17H2,1-2H3,(H,27,30). The molecule has 0 aliphatic rings. The number of imidazole rings is 1. The number of nitrogens with one attached hydrogen (secondary N) is 1. The summed E-state index contributed by atoms with van der Waals surface area (Å²) in [5.41, 5.74) is 6.33. The molecule has 0 radical (unpaired) electrons. The van der Waals surface area contributed by atoms with E-state index in [2.05, 4.69) is 46.1 Å². The number of rotatable bonds is 8. The fraction of sp³-hybridized carbons (Fsp3) is 0.240. The van der Waals surface area contributed by atoms with Crippen LogP contribution < -0.4 is 5.32 Å². The third kappa shape index (κ3) is 5.14. The highest BCUT2D eigenvalue weighted by Crippen LogP contribution is 2.27. The minimum Gasteiger partial charge on any atom is -0.352 e. The van der Waals surface area contributed by atoms with Crippen molar-refractivity contribution in [2.75, 3.05) is 6.54 Å². The van der Waals surface area contributed by atoms with E-state index in [1.165, 1.54) is 11.1 Å². The van der Waals surface area contributed by atoms with Gasteiger partial charge in [0.15, 0.2) is 5.16 Å². The Labute approximate surface area is 186 Å². The average Bonchev–Trinajstić information content (AvgIpc) is 3.14. The van der Waals surface area contributed by atoms with Crippen molar-refractivity contribution in [1.82, 2.24) is 19.9 Å². The van der Waals surface area contributed by atoms with E-state index in [9.17, 15) is 4.79 Å². The lowest BCUT2D eigenvalue weighted by Gasteiger charge is -2.10. The zero-order valence-electron chi connectivity index (χ0n) is 17.8. The smallest absolute Gasteiger partial charge is 0.251 e. The minimum atomic E-state index is -0.0199. The van der Waals surface area contributed by atoms with Gasteiger partial charge in [-0.05, 0) is 42.7 Å². The summed E-state index contributed by atoms with van der Waals surface area (Å²) in [6.45, 7) is 5.60. The number of carbonyl (C=O) groups excluding carboxylic acids is 1. The molecule has 0 saturated carbocycles. The van der Waals surface area contributed by atoms with Crippen molar-refractivity contribution in [2.45, 2.75) is 37.7 Å². The molecule has 0 spiro atoms. The van der Waals surface area contributed by atoms with Crippen molar-refractivity contribution in [2.24, 2.45) is 0 Å². The molecule has 2 aromatic carbocycles. The van der Waals surface area contributed by atoms with Crippen LogP contribution in [0.3, 0.4) is 0 Å². The van der Waals surface area contributed by atoms with Crippen LogP contribution in [0.2, 0.25) is 0 Å². The third-order valence-corrected chi connectivity index (χ3v) is 6.11. The Hall–Kier alpha value is -3.12. The molecule has 158 valence electrons. The fourth-order valence-corrected chi connectivity index (χ4v) is 4.41. The normalized spacial score (nSPS) is 11.0. The maximum atomic E-state index is 12.1. The number of fused-ring (bicyclic) bond motifs is 1. The maximum Gasteiger partial charge on any atom is 0.251 e. The monoisotopic (exact) mass is 430 g/mol. The average molecular weight is 431 g/mol. The molecule has 0 aliphatic carbocycles. The molecule has 0 unspecified atom stereocenters. The molecular formula is C25H26N4OS. The largest absolute Gasteiger partial charge is 0.352 e. The summed E-state index contributed by atoms with van der Waals surface area (Å²) in [7, 11) is 0. The first kappa shape index (κ1) is 21.1. The Morgan fingerprint density at radius 3 is 2.71 bits per heavy atom. The Morgan fingerprint density at radius 2 is 1.94 bits per heavy atom. The van der Waals surface area contributed by atoms with Gasteiger partial charge >= 0.3 is 0 Å². The Morgan fingerprint density at radius 1 is 1.10 bits per heavy atom. The van der Waals surface area contributed by atoms with E-state index in [-0.39, 0.29) is 5.91 Å². The van der Waals surface area contributed by atoms with E-state index in [0.717, 1.165) is 40.5 Å². The van der Waals surface area contributed by atoms with E-state index >= 15 is 0 Å². The molecule has 31 heavy (non-hydrogen) atoms. The van der Waals surface area contributed by atoms with Crippen molar-refractivity contribution in [3.05, 3.63) is 89.2 Å². The summed E-state index contributed by atoms with van der Waals surface area (Å²) in [5, 5.41) is 3.88. The van der Waals surface area contributed by atoms with Crippen LogP contribution in [-0.2, 0) is 12.3 Å². The van der Waals surface area contributed by atoms with E-state index in [1.54, 1.807) is 18.0 Å². The van der Waals surface area contributed by atoms with Crippen LogP contribution in [-0.4, -0.2) is 27.0 Å². The van der Waals surface area contributed by atoms with Crippen LogP contribution in [0, 0.1) is 6.92 Å². The summed E-state index contributed by atoms with van der Waals surface area (Å²) in [4.78, 5) is 21.3. The van der Waals surface area contributed by atoms with Crippen molar-refractivity contribution in [3.63, 3.8) is 0 Å². The predicted octanol–water partition coefficient (Wildman–Crippen LogP) is 5.22. The lowest BCUT2D eigenvalue weighted by Crippen LogP contribution is -2.23. The predicted molar refractivity (Wildman–Crippen MR) is 126 cm³/mol. The molecular weight excluding hydrogens is 404 g/mol. The third-order valence-electron chi connectivity index (χ3n) is 5.06. The lowest BCUT2D eigenvalue weighted by molar-refractivity contribution is 0.0953. The Balaban J connectivity index is 1.52. The molecule has 2 heterocycles. The van der Waals surface area contributed by atoms with Gasteiger partial charge in [-0.2, -0.15) is 0 Å². The van der Waals surface area contributed by atoms with Crippen LogP contribution in [0.4, 0.5) is 0 Å². The van der Waals surface area contributed by atoms with Gasteiger partial charge in [-0.1, -0.05) is 60.6 Å². The second-order valence-corrected chi connectivity index (χ2v) is 8.52. The number of benzene rings is 2. The number of nitrogens with zero attached hydrogens (tertiary/aromatic N) is 3. The highest BCUT2D eigenvalue weighted by molar-refractivity contribution is 7.98. The SMILES string of the molecule is CCCNC(=O)c1ccc(CSc2nc3ccncc3n2Cc2cccc(C)c2)cc1. The van der Waals surface area contributed by atoms with Crippen molar-refractivity contribution in [3.8, 4) is 0 Å². The summed E-state index contributed by atoms with van der Waals surface area (Å²) in [6, 6.07) is 18.3. The van der Waals surface area contributed by atoms with Crippen molar-refractivity contribution < 1.29 is 4.79 Å². The Kier molecular flexibility index (Phi) is 6.67. The summed E-state index contributed by atoms with van der Waals surface area (Å²) >= 11 is 1.70. The maximum absolute atomic E-state index is 12.1. The molecule has 1 amide bonds. The van der Waals surface area contributed by atoms with Gasteiger partial charge < -0.3 is 9.88 Å². The molecule has 5 nitrogen and oxygen atoms in total. The molecule has 0 aliphatic heterocycles. The summed E-state index contributed by atoms with van der Waals surface area (Å²) in [6.07, 6.45) is 4.59. The molecule has 0 fully saturated rings. The molecule has 6 heteroatoms. The van der Waals surface area contributed by atoms with Crippen LogP contribution in [0.1, 0.15) is 40.4 Å². The van der Waals surface area contributed by atoms with Crippen LogP contribution in [0.5, 0.6) is 0 Å². The van der Waals surface area contributed by atoms with Gasteiger partial charge in [-0.3, -0.25) is 9.78 Å². The van der Waals surface area contributed by atoms with Crippen LogP contribution in [0.15, 0.2) is 72.1 Å². The van der Waals surface area contributed by atoms with E-state index in [4.69, 9.17) is 4.98 Å². The van der Waals surface area contributed by atoms with Gasteiger partial charge in [-0.15, -0.1) is 0 Å². The summed E-state index contributed by atoms with van der Waals surface area (Å²) < 4.78 is 2.23. The van der Waals surface area contributed by atoms with E-state index < -0.39 is 0 Å².